The van der Waals surface area contributed by atoms with E-state index in [-0.39, 0.29) is 13.2 Å². The van der Waals surface area contributed by atoms with Crippen molar-refractivity contribution in [2.24, 2.45) is 0 Å². The maximum absolute atomic E-state index is 12.5. The summed E-state index contributed by atoms with van der Waals surface area (Å²) in [4.78, 5) is 12.5. The number of amides is 1. The topological polar surface area (TPSA) is 72.9 Å². The Kier molecular flexibility index (Phi) is 4.86. The molecule has 1 fully saturated rings. The number of rotatable bonds is 3. The quantitative estimate of drug-likeness (QED) is 0.751. The third kappa shape index (κ3) is 3.56. The van der Waals surface area contributed by atoms with Crippen molar-refractivity contribution in [2.45, 2.75) is 19.1 Å². The molecule has 2 aromatic carbocycles. The Morgan fingerprint density at radius 2 is 1.96 bits per heavy atom. The van der Waals surface area contributed by atoms with Gasteiger partial charge in [0.05, 0.1) is 6.61 Å². The summed E-state index contributed by atoms with van der Waals surface area (Å²) in [6.45, 7) is 1.43. The SMILES string of the molecule is CC1(c2cccc(Br)c2)COS(=O)(=O)N1C(=O)OCc1ccccc1. The van der Waals surface area contributed by atoms with E-state index in [9.17, 15) is 13.2 Å². The lowest BCUT2D eigenvalue weighted by molar-refractivity contribution is 0.0947. The van der Waals surface area contributed by atoms with Crippen LogP contribution in [0.15, 0.2) is 59.1 Å². The van der Waals surface area contributed by atoms with Crippen LogP contribution < -0.4 is 0 Å². The van der Waals surface area contributed by atoms with Crippen molar-refractivity contribution in [3.63, 3.8) is 0 Å². The van der Waals surface area contributed by atoms with Crippen LogP contribution >= 0.6 is 15.9 Å². The molecule has 0 saturated carbocycles. The van der Waals surface area contributed by atoms with Gasteiger partial charge in [0.2, 0.25) is 0 Å². The molecule has 2 aromatic rings. The Morgan fingerprint density at radius 1 is 1.24 bits per heavy atom. The average molecular weight is 426 g/mol. The maximum Gasteiger partial charge on any atom is 0.426 e. The predicted octanol–water partition coefficient (Wildman–Crippen LogP) is 3.58. The Balaban J connectivity index is 1.88. The second-order valence-electron chi connectivity index (χ2n) is 5.81. The normalized spacial score (nSPS) is 21.9. The molecular formula is C17H16BrNO5S. The van der Waals surface area contributed by atoms with Crippen molar-refractivity contribution in [1.29, 1.82) is 0 Å². The van der Waals surface area contributed by atoms with E-state index in [0.717, 1.165) is 10.0 Å². The summed E-state index contributed by atoms with van der Waals surface area (Å²) in [6.07, 6.45) is -0.969. The van der Waals surface area contributed by atoms with Crippen LogP contribution in [0.25, 0.3) is 0 Å². The van der Waals surface area contributed by atoms with Crippen LogP contribution in [0.3, 0.4) is 0 Å². The van der Waals surface area contributed by atoms with Crippen molar-refractivity contribution in [3.05, 3.63) is 70.2 Å². The van der Waals surface area contributed by atoms with E-state index >= 15 is 0 Å². The van der Waals surface area contributed by atoms with Crippen molar-refractivity contribution in [1.82, 2.24) is 4.31 Å². The number of nitrogens with zero attached hydrogens (tertiary/aromatic N) is 1. The fraction of sp³-hybridized carbons (Fsp3) is 0.235. The van der Waals surface area contributed by atoms with E-state index in [1.54, 1.807) is 37.3 Å². The third-order valence-electron chi connectivity index (χ3n) is 3.98. The predicted molar refractivity (Wildman–Crippen MR) is 94.8 cm³/mol. The van der Waals surface area contributed by atoms with E-state index < -0.39 is 21.9 Å². The number of carbonyl (C=O) groups is 1. The van der Waals surface area contributed by atoms with Crippen LogP contribution in [0, 0.1) is 0 Å². The van der Waals surface area contributed by atoms with Crippen molar-refractivity contribution in [3.8, 4) is 0 Å². The largest absolute Gasteiger partial charge is 0.444 e. The van der Waals surface area contributed by atoms with Crippen LogP contribution in [-0.4, -0.2) is 25.4 Å². The van der Waals surface area contributed by atoms with E-state index in [1.807, 2.05) is 24.3 Å². The molecule has 132 valence electrons. The molecular weight excluding hydrogens is 410 g/mol. The Hall–Kier alpha value is -1.90. The number of halogens is 1. The van der Waals surface area contributed by atoms with Crippen molar-refractivity contribution in [2.75, 3.05) is 6.61 Å². The molecule has 25 heavy (non-hydrogen) atoms. The molecule has 1 unspecified atom stereocenters. The molecule has 1 heterocycles. The zero-order valence-electron chi connectivity index (χ0n) is 13.4. The van der Waals surface area contributed by atoms with Crippen LogP contribution in [0.1, 0.15) is 18.1 Å². The molecule has 8 heteroatoms. The number of carbonyl (C=O) groups excluding carboxylic acids is 1. The molecule has 0 N–H and O–H groups in total. The first-order valence-corrected chi connectivity index (χ1v) is 9.65. The first kappa shape index (κ1) is 17.9. The highest BCUT2D eigenvalue weighted by Crippen LogP contribution is 2.39. The smallest absolute Gasteiger partial charge is 0.426 e. The van der Waals surface area contributed by atoms with E-state index in [2.05, 4.69) is 15.9 Å². The van der Waals surface area contributed by atoms with Crippen molar-refractivity contribution >= 4 is 32.3 Å². The summed E-state index contributed by atoms with van der Waals surface area (Å²) in [5.74, 6) is 0. The molecule has 0 aromatic heterocycles. The lowest BCUT2D eigenvalue weighted by Gasteiger charge is -2.30. The average Bonchev–Trinajstić information content (AvgIpc) is 2.84. The number of benzene rings is 2. The minimum absolute atomic E-state index is 0.0275. The van der Waals surface area contributed by atoms with Gasteiger partial charge < -0.3 is 4.74 Å². The highest BCUT2D eigenvalue weighted by atomic mass is 79.9. The summed E-state index contributed by atoms with van der Waals surface area (Å²) in [6, 6.07) is 16.1. The molecule has 0 bridgehead atoms. The summed E-state index contributed by atoms with van der Waals surface area (Å²) >= 11 is 3.36. The molecule has 3 rings (SSSR count). The second-order valence-corrected chi connectivity index (χ2v) is 8.18. The summed E-state index contributed by atoms with van der Waals surface area (Å²) < 4.78 is 36.1. The Bertz CT molecular complexity index is 887. The summed E-state index contributed by atoms with van der Waals surface area (Å²) in [5, 5.41) is 0. The molecule has 1 atom stereocenters. The monoisotopic (exact) mass is 425 g/mol. The maximum atomic E-state index is 12.5. The van der Waals surface area contributed by atoms with Gasteiger partial charge in [0.1, 0.15) is 12.1 Å². The Labute approximate surface area is 154 Å². The van der Waals surface area contributed by atoms with E-state index in [0.29, 0.717) is 9.87 Å². The van der Waals surface area contributed by atoms with Gasteiger partial charge in [0, 0.05) is 4.47 Å². The molecule has 6 nitrogen and oxygen atoms in total. The van der Waals surface area contributed by atoms with Crippen LogP contribution in [0.2, 0.25) is 0 Å². The molecule has 1 saturated heterocycles. The highest BCUT2D eigenvalue weighted by Gasteiger charge is 2.53. The second kappa shape index (κ2) is 6.78. The molecule has 1 aliphatic heterocycles. The minimum atomic E-state index is -4.22. The summed E-state index contributed by atoms with van der Waals surface area (Å²) in [7, 11) is -4.22. The number of hydrogen-bond donors (Lipinski definition) is 0. The first-order chi connectivity index (χ1) is 11.8. The van der Waals surface area contributed by atoms with Crippen molar-refractivity contribution < 1.29 is 22.1 Å². The number of hydrogen-bond acceptors (Lipinski definition) is 5. The van der Waals surface area contributed by atoms with E-state index in [1.165, 1.54) is 0 Å². The fourth-order valence-electron chi connectivity index (χ4n) is 2.64. The van der Waals surface area contributed by atoms with Gasteiger partial charge in [0.25, 0.3) is 0 Å². The first-order valence-electron chi connectivity index (χ1n) is 7.49. The summed E-state index contributed by atoms with van der Waals surface area (Å²) in [5.41, 5.74) is 0.202. The zero-order chi connectivity index (χ0) is 18.1. The van der Waals surface area contributed by atoms with Gasteiger partial charge in [0.15, 0.2) is 0 Å². The zero-order valence-corrected chi connectivity index (χ0v) is 15.8. The van der Waals surface area contributed by atoms with Crippen LogP contribution in [0.4, 0.5) is 4.79 Å². The standard InChI is InChI=1S/C17H16BrNO5S/c1-17(14-8-5-9-15(18)10-14)12-24-25(21,22)19(17)16(20)23-11-13-6-3-2-4-7-13/h2-10H,11-12H2,1H3. The number of ether oxygens (including phenoxy) is 1. The Morgan fingerprint density at radius 3 is 2.64 bits per heavy atom. The fourth-order valence-corrected chi connectivity index (χ4v) is 4.41. The van der Waals surface area contributed by atoms with Gasteiger partial charge in [-0.05, 0) is 30.2 Å². The van der Waals surface area contributed by atoms with Gasteiger partial charge in [-0.1, -0.05) is 58.4 Å². The minimum Gasteiger partial charge on any atom is -0.444 e. The van der Waals surface area contributed by atoms with E-state index in [4.69, 9.17) is 8.92 Å². The van der Waals surface area contributed by atoms with Crippen LogP contribution in [0.5, 0.6) is 0 Å². The van der Waals surface area contributed by atoms with Gasteiger partial charge in [-0.3, -0.25) is 4.18 Å². The third-order valence-corrected chi connectivity index (χ3v) is 5.89. The molecule has 0 radical (unpaired) electrons. The molecule has 1 amide bonds. The van der Waals surface area contributed by atoms with Crippen LogP contribution in [-0.2, 0) is 31.4 Å². The lowest BCUT2D eigenvalue weighted by Crippen LogP contribution is -2.46. The van der Waals surface area contributed by atoms with Gasteiger partial charge >= 0.3 is 16.4 Å². The van der Waals surface area contributed by atoms with Gasteiger partial charge in [-0.15, -0.1) is 0 Å². The molecule has 0 aliphatic carbocycles. The van der Waals surface area contributed by atoms with Gasteiger partial charge in [-0.25, -0.2) is 4.79 Å². The highest BCUT2D eigenvalue weighted by molar-refractivity contribution is 9.10. The lowest BCUT2D eigenvalue weighted by atomic mass is 9.93. The van der Waals surface area contributed by atoms with Gasteiger partial charge in [-0.2, -0.15) is 12.7 Å². The molecule has 0 spiro atoms. The molecule has 1 aliphatic rings.